The molecule has 0 N–H and O–H groups in total. The third-order valence-corrected chi connectivity index (χ3v) is 14.3. The Labute approximate surface area is 385 Å². The molecule has 6 rings (SSSR count). The number of hydrogen-bond donors (Lipinski definition) is 0. The summed E-state index contributed by atoms with van der Waals surface area (Å²) in [5.74, 6) is 2.16. The molecule has 2 aromatic carbocycles. The van der Waals surface area contributed by atoms with Crippen LogP contribution < -0.4 is 10.0 Å². The minimum Gasteiger partial charge on any atom is -0.290 e. The van der Waals surface area contributed by atoms with Gasteiger partial charge in [0, 0.05) is 39.3 Å². The lowest BCUT2D eigenvalue weighted by atomic mass is 10.0. The van der Waals surface area contributed by atoms with Gasteiger partial charge in [-0.05, 0) is 49.9 Å². The van der Waals surface area contributed by atoms with E-state index in [1.807, 2.05) is 0 Å². The number of nitrogens with zero attached hydrogens (tertiary/aromatic N) is 8. The van der Waals surface area contributed by atoms with Crippen LogP contribution in [0.5, 0.6) is 0 Å². The van der Waals surface area contributed by atoms with E-state index in [4.69, 9.17) is 9.97 Å². The van der Waals surface area contributed by atoms with Crippen molar-refractivity contribution in [1.29, 1.82) is 0 Å². The summed E-state index contributed by atoms with van der Waals surface area (Å²) in [6, 6.07) is 17.5. The fourth-order valence-corrected chi connectivity index (χ4v) is 10.5. The number of benzene rings is 2. The summed E-state index contributed by atoms with van der Waals surface area (Å²) in [5, 5.41) is 10.2. The van der Waals surface area contributed by atoms with E-state index in [2.05, 4.69) is 91.5 Å². The molecule has 0 atom stereocenters. The van der Waals surface area contributed by atoms with Crippen LogP contribution in [-0.2, 0) is 6.67 Å². The van der Waals surface area contributed by atoms with Crippen LogP contribution in [-0.4, -0.2) is 68.4 Å². The van der Waals surface area contributed by atoms with Crippen molar-refractivity contribution in [3.05, 3.63) is 48.5 Å². The summed E-state index contributed by atoms with van der Waals surface area (Å²) in [6.07, 6.45) is 44.5. The molecule has 2 fully saturated rings. The van der Waals surface area contributed by atoms with Gasteiger partial charge in [-0.2, -0.15) is 0 Å². The Morgan fingerprint density at radius 3 is 1.00 bits per heavy atom. The van der Waals surface area contributed by atoms with Gasteiger partial charge in [0.2, 0.25) is 11.9 Å². The van der Waals surface area contributed by atoms with Crippen molar-refractivity contribution in [3.63, 3.8) is 0 Å². The average Bonchev–Trinajstić information content (AvgIpc) is 4.12. The van der Waals surface area contributed by atoms with Gasteiger partial charge >= 0.3 is 0 Å². The van der Waals surface area contributed by atoms with Crippen LogP contribution in [0.4, 0.5) is 11.9 Å². The largest absolute Gasteiger partial charge is 0.290 e. The van der Waals surface area contributed by atoms with Crippen molar-refractivity contribution >= 4 is 34.0 Å². The van der Waals surface area contributed by atoms with Crippen molar-refractivity contribution in [2.45, 2.75) is 226 Å². The number of anilines is 2. The summed E-state index contributed by atoms with van der Waals surface area (Å²) in [4.78, 5) is 10.7. The Morgan fingerprint density at radius 1 is 0.365 bits per heavy atom. The molecule has 8 heteroatoms. The van der Waals surface area contributed by atoms with Gasteiger partial charge in [-0.1, -0.05) is 218 Å². The maximum atomic E-state index is 5.36. The molecular formula is C55H92N8. The Balaban J connectivity index is 0.973. The highest BCUT2D eigenvalue weighted by Gasteiger charge is 2.30. The van der Waals surface area contributed by atoms with Gasteiger partial charge in [-0.15, -0.1) is 0 Å². The molecular weight excluding hydrogens is 773 g/mol. The Morgan fingerprint density at radius 2 is 0.667 bits per heavy atom. The zero-order valence-electron chi connectivity index (χ0n) is 40.8. The van der Waals surface area contributed by atoms with Gasteiger partial charge in [0.15, 0.2) is 0 Å². The fraction of sp³-hybridized carbons (Fsp3) is 0.745. The highest BCUT2D eigenvalue weighted by molar-refractivity contribution is 5.81. The Bertz CT molecular complexity index is 1650. The van der Waals surface area contributed by atoms with Gasteiger partial charge < -0.3 is 0 Å². The molecule has 2 aromatic heterocycles. The molecule has 0 radical (unpaired) electrons. The Hall–Kier alpha value is -3.10. The number of para-hydroxylation sites is 4. The molecule has 352 valence electrons. The smallest absolute Gasteiger partial charge is 0.222 e. The van der Waals surface area contributed by atoms with E-state index >= 15 is 0 Å². The highest BCUT2D eigenvalue weighted by Crippen LogP contribution is 2.32. The van der Waals surface area contributed by atoms with Gasteiger partial charge in [-0.25, -0.2) is 20.0 Å². The molecule has 8 nitrogen and oxygen atoms in total. The molecule has 0 spiro atoms. The first-order valence-electron chi connectivity index (χ1n) is 27.2. The zero-order valence-corrected chi connectivity index (χ0v) is 40.8. The topological polar surface area (TPSA) is 48.6 Å². The van der Waals surface area contributed by atoms with Crippen molar-refractivity contribution in [2.75, 3.05) is 49.3 Å². The molecule has 63 heavy (non-hydrogen) atoms. The van der Waals surface area contributed by atoms with Gasteiger partial charge in [0.25, 0.3) is 0 Å². The lowest BCUT2D eigenvalue weighted by Gasteiger charge is -2.31. The van der Waals surface area contributed by atoms with Crippen molar-refractivity contribution < 1.29 is 0 Å². The standard InChI is InChI=1S/C55H92N8/c1-3-5-7-9-11-13-15-17-19-21-23-25-27-29-35-43-58-45-37-47-62(58)54-56-50-39-31-33-41-52(50)60(54)49-61-53-42-34-32-40-51(53)57-55(61)63-48-38-46-59(63)44-36-30-28-26-24-22-20-18-16-14-12-10-8-6-4-2/h31-34,39-42H,3-30,35-38,43-49H2,1-2H3. The monoisotopic (exact) mass is 865 g/mol. The van der Waals surface area contributed by atoms with Gasteiger partial charge in [0.05, 0.1) is 22.1 Å². The van der Waals surface area contributed by atoms with Gasteiger partial charge in [-0.3, -0.25) is 19.2 Å². The molecule has 2 aliphatic rings. The first-order chi connectivity index (χ1) is 31.3. The molecule has 0 aliphatic carbocycles. The van der Waals surface area contributed by atoms with E-state index in [1.54, 1.807) is 0 Å². The molecule has 2 aliphatic heterocycles. The van der Waals surface area contributed by atoms with E-state index in [0.29, 0.717) is 6.67 Å². The molecule has 0 unspecified atom stereocenters. The predicted molar refractivity (Wildman–Crippen MR) is 272 cm³/mol. The van der Waals surface area contributed by atoms with E-state index in [-0.39, 0.29) is 0 Å². The van der Waals surface area contributed by atoms with Crippen LogP contribution in [0.1, 0.15) is 219 Å². The van der Waals surface area contributed by atoms with Crippen LogP contribution in [0.2, 0.25) is 0 Å². The van der Waals surface area contributed by atoms with Gasteiger partial charge in [0.1, 0.15) is 6.67 Å². The number of hydrazine groups is 2. The lowest BCUT2D eigenvalue weighted by Crippen LogP contribution is -2.40. The first kappa shape index (κ1) is 49.3. The second-order valence-corrected chi connectivity index (χ2v) is 19.6. The minimum absolute atomic E-state index is 0.693. The van der Waals surface area contributed by atoms with E-state index < -0.39 is 0 Å². The molecule has 0 amide bonds. The van der Waals surface area contributed by atoms with E-state index in [9.17, 15) is 0 Å². The summed E-state index contributed by atoms with van der Waals surface area (Å²) in [5.41, 5.74) is 4.55. The predicted octanol–water partition coefficient (Wildman–Crippen LogP) is 15.5. The number of rotatable bonds is 36. The number of fused-ring (bicyclic) bond motifs is 2. The van der Waals surface area contributed by atoms with Crippen molar-refractivity contribution in [3.8, 4) is 0 Å². The first-order valence-corrected chi connectivity index (χ1v) is 27.2. The third-order valence-electron chi connectivity index (χ3n) is 14.3. The fourth-order valence-electron chi connectivity index (χ4n) is 10.5. The molecule has 0 bridgehead atoms. The summed E-state index contributed by atoms with van der Waals surface area (Å²) >= 11 is 0. The van der Waals surface area contributed by atoms with Crippen LogP contribution in [0, 0.1) is 0 Å². The number of aromatic nitrogens is 4. The van der Waals surface area contributed by atoms with Crippen LogP contribution >= 0.6 is 0 Å². The highest BCUT2D eigenvalue weighted by atomic mass is 15.7. The van der Waals surface area contributed by atoms with E-state index in [1.165, 1.54) is 216 Å². The maximum Gasteiger partial charge on any atom is 0.222 e. The number of hydrogen-bond acceptors (Lipinski definition) is 6. The molecule has 0 saturated carbocycles. The average molecular weight is 865 g/mol. The van der Waals surface area contributed by atoms with Crippen LogP contribution in [0.25, 0.3) is 22.1 Å². The third kappa shape index (κ3) is 16.1. The second kappa shape index (κ2) is 29.4. The van der Waals surface area contributed by atoms with Crippen molar-refractivity contribution in [1.82, 2.24) is 29.1 Å². The minimum atomic E-state index is 0.693. The molecule has 4 heterocycles. The van der Waals surface area contributed by atoms with Crippen molar-refractivity contribution in [2.24, 2.45) is 0 Å². The maximum absolute atomic E-state index is 5.36. The second-order valence-electron chi connectivity index (χ2n) is 19.6. The quantitative estimate of drug-likeness (QED) is 0.0425. The molecule has 4 aromatic rings. The van der Waals surface area contributed by atoms with Crippen LogP contribution in [0.3, 0.4) is 0 Å². The number of unbranched alkanes of at least 4 members (excludes halogenated alkanes) is 28. The zero-order chi connectivity index (χ0) is 43.6. The van der Waals surface area contributed by atoms with E-state index in [0.717, 1.165) is 62.2 Å². The summed E-state index contributed by atoms with van der Waals surface area (Å²) in [7, 11) is 0. The summed E-state index contributed by atoms with van der Waals surface area (Å²) < 4.78 is 4.96. The SMILES string of the molecule is CCCCCCCCCCCCCCCCCN1CCCN1c1nc2ccccc2n1Cn1c(N2CCCN2CCCCCCCCCCCCCCCCC)nc2ccccc21. The Kier molecular flexibility index (Phi) is 23.1. The van der Waals surface area contributed by atoms with Crippen LogP contribution in [0.15, 0.2) is 48.5 Å². The lowest BCUT2D eigenvalue weighted by molar-refractivity contribution is 0.291. The summed E-state index contributed by atoms with van der Waals surface area (Å²) in [6.45, 7) is 11.8. The molecule has 2 saturated heterocycles. The normalized spacial score (nSPS) is 15.1. The number of imidazole rings is 2.